The van der Waals surface area contributed by atoms with Gasteiger partial charge in [0.2, 0.25) is 0 Å². The predicted octanol–water partition coefficient (Wildman–Crippen LogP) is 3.84. The Hall–Kier alpha value is -2.22. The number of sulfonamides is 1. The molecule has 25 heavy (non-hydrogen) atoms. The molecule has 0 radical (unpaired) electrons. The van der Waals surface area contributed by atoms with Crippen LogP contribution in [-0.4, -0.2) is 26.1 Å². The second kappa shape index (κ2) is 7.77. The van der Waals surface area contributed by atoms with Crippen LogP contribution in [0.4, 0.5) is 5.69 Å². The van der Waals surface area contributed by atoms with E-state index >= 15 is 0 Å². The zero-order chi connectivity index (χ0) is 18.6. The zero-order valence-electron chi connectivity index (χ0n) is 12.7. The van der Waals surface area contributed by atoms with Gasteiger partial charge in [-0.25, -0.2) is 13.2 Å². The van der Waals surface area contributed by atoms with E-state index in [0.29, 0.717) is 0 Å². The molecule has 6 nitrogen and oxygen atoms in total. The monoisotopic (exact) mass is 401 g/mol. The number of ether oxygens (including phenoxy) is 1. The number of aromatic hydroxyl groups is 1. The zero-order valence-corrected chi connectivity index (χ0v) is 15.0. The van der Waals surface area contributed by atoms with Gasteiger partial charge in [0.1, 0.15) is 11.5 Å². The molecule has 0 bridgehead atoms. The summed E-state index contributed by atoms with van der Waals surface area (Å²) in [4.78, 5) is 11.5. The predicted molar refractivity (Wildman–Crippen MR) is 95.9 cm³/mol. The quantitative estimate of drug-likeness (QED) is 0.566. The largest absolute Gasteiger partial charge is 0.505 e. The molecule has 0 atom stereocenters. The Morgan fingerprint density at radius 3 is 2.64 bits per heavy atom. The van der Waals surface area contributed by atoms with Gasteiger partial charge in [0.15, 0.2) is 5.75 Å². The molecule has 2 N–H and O–H groups in total. The van der Waals surface area contributed by atoms with Crippen LogP contribution in [0.1, 0.15) is 10.4 Å². The Morgan fingerprint density at radius 1 is 1.28 bits per heavy atom. The summed E-state index contributed by atoms with van der Waals surface area (Å²) in [5.41, 5.74) is -0.0207. The van der Waals surface area contributed by atoms with Gasteiger partial charge in [-0.3, -0.25) is 4.72 Å². The number of para-hydroxylation sites is 1. The highest BCUT2D eigenvalue weighted by Gasteiger charge is 2.24. The molecule has 0 aliphatic heterocycles. The van der Waals surface area contributed by atoms with Gasteiger partial charge in [0.25, 0.3) is 10.0 Å². The molecule has 0 unspecified atom stereocenters. The third-order valence-corrected chi connectivity index (χ3v) is 4.89. The Bertz CT molecular complexity index is 928. The van der Waals surface area contributed by atoms with Crippen LogP contribution in [0.15, 0.2) is 53.9 Å². The Kier molecular flexibility index (Phi) is 5.94. The molecule has 0 aliphatic carbocycles. The molecule has 9 heteroatoms. The minimum Gasteiger partial charge on any atom is -0.505 e. The molecule has 2 rings (SSSR count). The number of nitrogens with one attached hydrogen (secondary N) is 1. The lowest BCUT2D eigenvalue weighted by Gasteiger charge is -2.13. The highest BCUT2D eigenvalue weighted by atomic mass is 35.5. The van der Waals surface area contributed by atoms with Crippen LogP contribution in [0.25, 0.3) is 0 Å². The van der Waals surface area contributed by atoms with Crippen molar-refractivity contribution < 1.29 is 23.1 Å². The van der Waals surface area contributed by atoms with Crippen molar-refractivity contribution in [1.82, 2.24) is 0 Å². The molecule has 0 heterocycles. The fraction of sp³-hybridized carbons (Fsp3) is 0.0625. The maximum absolute atomic E-state index is 12.6. The van der Waals surface area contributed by atoms with E-state index in [1.54, 1.807) is 6.07 Å². The van der Waals surface area contributed by atoms with E-state index < -0.39 is 26.6 Å². The molecule has 0 aliphatic rings. The first kappa shape index (κ1) is 19.1. The lowest BCUT2D eigenvalue weighted by Crippen LogP contribution is -2.17. The lowest BCUT2D eigenvalue weighted by atomic mass is 10.2. The van der Waals surface area contributed by atoms with Gasteiger partial charge in [-0.1, -0.05) is 48.0 Å². The van der Waals surface area contributed by atoms with Gasteiger partial charge in [-0.05, 0) is 24.3 Å². The summed E-state index contributed by atoms with van der Waals surface area (Å²) >= 11 is 11.6. The number of halogens is 2. The fourth-order valence-corrected chi connectivity index (χ4v) is 3.75. The SMILES string of the molecule is C=CCOC(=O)c1ccccc1NS(=O)(=O)c1cc(Cl)cc(Cl)c1O. The number of rotatable bonds is 6. The number of hydrogen-bond acceptors (Lipinski definition) is 5. The maximum Gasteiger partial charge on any atom is 0.340 e. The second-order valence-corrected chi connectivity index (χ2v) is 7.27. The van der Waals surface area contributed by atoms with Gasteiger partial charge in [0.05, 0.1) is 16.3 Å². The molecule has 0 aromatic heterocycles. The standard InChI is InChI=1S/C16H13Cl2NO5S/c1-2-7-24-16(21)11-5-3-4-6-13(11)19-25(22,23)14-9-10(17)8-12(18)15(14)20/h2-6,8-9,19-20H,1,7H2. The molecular weight excluding hydrogens is 389 g/mol. The first-order valence-electron chi connectivity index (χ1n) is 6.84. The number of esters is 1. The van der Waals surface area contributed by atoms with Gasteiger partial charge in [-0.15, -0.1) is 0 Å². The van der Waals surface area contributed by atoms with E-state index in [1.165, 1.54) is 30.3 Å². The van der Waals surface area contributed by atoms with Crippen molar-refractivity contribution in [1.29, 1.82) is 0 Å². The van der Waals surface area contributed by atoms with Crippen LogP contribution in [-0.2, 0) is 14.8 Å². The van der Waals surface area contributed by atoms with Crippen molar-refractivity contribution in [3.05, 3.63) is 64.7 Å². The van der Waals surface area contributed by atoms with Gasteiger partial charge in [-0.2, -0.15) is 0 Å². The number of anilines is 1. The molecule has 0 fully saturated rings. The van der Waals surface area contributed by atoms with Crippen molar-refractivity contribution in [2.75, 3.05) is 11.3 Å². The maximum atomic E-state index is 12.6. The highest BCUT2D eigenvalue weighted by molar-refractivity contribution is 7.92. The number of phenolic OH excluding ortho intramolecular Hbond substituents is 1. The van der Waals surface area contributed by atoms with Gasteiger partial charge in [0, 0.05) is 5.02 Å². The average molecular weight is 402 g/mol. The number of hydrogen-bond donors (Lipinski definition) is 2. The topological polar surface area (TPSA) is 92.7 Å². The number of carbonyl (C=O) groups is 1. The molecule has 0 saturated carbocycles. The normalized spacial score (nSPS) is 11.0. The Labute approximate surface area is 154 Å². The van der Waals surface area contributed by atoms with Crippen LogP contribution in [0, 0.1) is 0 Å². The van der Waals surface area contributed by atoms with Gasteiger partial charge < -0.3 is 9.84 Å². The third-order valence-electron chi connectivity index (χ3n) is 3.01. The molecule has 2 aromatic rings. The van der Waals surface area contributed by atoms with Crippen molar-refractivity contribution in [2.24, 2.45) is 0 Å². The first-order valence-corrected chi connectivity index (χ1v) is 9.08. The van der Waals surface area contributed by atoms with E-state index in [2.05, 4.69) is 11.3 Å². The summed E-state index contributed by atoms with van der Waals surface area (Å²) < 4.78 is 32.3. The Balaban J connectivity index is 2.43. The van der Waals surface area contributed by atoms with Crippen molar-refractivity contribution in [3.63, 3.8) is 0 Å². The van der Waals surface area contributed by atoms with E-state index in [0.717, 1.165) is 6.07 Å². The average Bonchev–Trinajstić information content (AvgIpc) is 2.56. The highest BCUT2D eigenvalue weighted by Crippen LogP contribution is 2.35. The van der Waals surface area contributed by atoms with Crippen LogP contribution >= 0.6 is 23.2 Å². The van der Waals surface area contributed by atoms with E-state index in [4.69, 9.17) is 27.9 Å². The number of carbonyl (C=O) groups excluding carboxylic acids is 1. The summed E-state index contributed by atoms with van der Waals surface area (Å²) in [6.07, 6.45) is 1.39. The summed E-state index contributed by atoms with van der Waals surface area (Å²) in [5.74, 6) is -1.38. The molecule has 2 aromatic carbocycles. The molecule has 0 spiro atoms. The number of phenols is 1. The first-order chi connectivity index (χ1) is 11.8. The minimum absolute atomic E-state index is 0.000500. The van der Waals surface area contributed by atoms with Crippen LogP contribution < -0.4 is 4.72 Å². The molecule has 0 amide bonds. The summed E-state index contributed by atoms with van der Waals surface area (Å²) in [5, 5.41) is 9.73. The fourth-order valence-electron chi connectivity index (χ4n) is 1.91. The van der Waals surface area contributed by atoms with E-state index in [9.17, 15) is 18.3 Å². The summed E-state index contributed by atoms with van der Waals surface area (Å²) in [6.45, 7) is 3.41. The Morgan fingerprint density at radius 2 is 1.96 bits per heavy atom. The van der Waals surface area contributed by atoms with E-state index in [-0.39, 0.29) is 27.9 Å². The minimum atomic E-state index is -4.26. The van der Waals surface area contributed by atoms with Crippen molar-refractivity contribution in [2.45, 2.75) is 4.90 Å². The third kappa shape index (κ3) is 4.45. The summed E-state index contributed by atoms with van der Waals surface area (Å²) in [6, 6.07) is 8.12. The molecule has 132 valence electrons. The molecular formula is C16H13Cl2NO5S. The van der Waals surface area contributed by atoms with Crippen molar-refractivity contribution in [3.8, 4) is 5.75 Å². The van der Waals surface area contributed by atoms with Crippen LogP contribution in [0.3, 0.4) is 0 Å². The number of benzene rings is 2. The second-order valence-electron chi connectivity index (χ2n) is 4.77. The smallest absolute Gasteiger partial charge is 0.340 e. The lowest BCUT2D eigenvalue weighted by molar-refractivity contribution is 0.0551. The van der Waals surface area contributed by atoms with Crippen molar-refractivity contribution >= 4 is 44.9 Å². The molecule has 0 saturated heterocycles. The summed E-state index contributed by atoms with van der Waals surface area (Å²) in [7, 11) is -4.26. The van der Waals surface area contributed by atoms with E-state index in [1.807, 2.05) is 0 Å². The van der Waals surface area contributed by atoms with Crippen LogP contribution in [0.5, 0.6) is 5.75 Å². The van der Waals surface area contributed by atoms with Gasteiger partial charge >= 0.3 is 5.97 Å². The van der Waals surface area contributed by atoms with Crippen LogP contribution in [0.2, 0.25) is 10.0 Å².